The summed E-state index contributed by atoms with van der Waals surface area (Å²) >= 11 is 1.59. The second kappa shape index (κ2) is 12.2. The lowest BCUT2D eigenvalue weighted by Gasteiger charge is -2.35. The molecule has 8 nitrogen and oxygen atoms in total. The Bertz CT molecular complexity index is 1090. The van der Waals surface area contributed by atoms with Gasteiger partial charge in [-0.15, -0.1) is 11.3 Å². The lowest BCUT2D eigenvalue weighted by Crippen LogP contribution is -2.57. The summed E-state index contributed by atoms with van der Waals surface area (Å²) in [6.45, 7) is 12.1. The number of hydrogen-bond donors (Lipinski definition) is 3. The number of likely N-dealkylation sites (tertiary alicyclic amines) is 1. The highest BCUT2D eigenvalue weighted by molar-refractivity contribution is 7.13. The van der Waals surface area contributed by atoms with E-state index >= 15 is 0 Å². The highest BCUT2D eigenvalue weighted by atomic mass is 32.1. The van der Waals surface area contributed by atoms with Crippen LogP contribution in [-0.2, 0) is 20.9 Å². The molecule has 1 aliphatic rings. The third-order valence-corrected chi connectivity index (χ3v) is 7.64. The van der Waals surface area contributed by atoms with Crippen molar-refractivity contribution in [2.45, 2.75) is 85.5 Å². The minimum Gasteiger partial charge on any atom is -0.391 e. The number of aliphatic hydroxyl groups excluding tert-OH is 1. The van der Waals surface area contributed by atoms with Gasteiger partial charge in [0.05, 0.1) is 22.2 Å². The molecule has 3 rings (SSSR count). The van der Waals surface area contributed by atoms with E-state index in [4.69, 9.17) is 0 Å². The van der Waals surface area contributed by atoms with E-state index in [1.807, 2.05) is 71.3 Å². The van der Waals surface area contributed by atoms with Crippen molar-refractivity contribution in [3.63, 3.8) is 0 Å². The lowest BCUT2D eigenvalue weighted by molar-refractivity contribution is -0.144. The van der Waals surface area contributed by atoms with Gasteiger partial charge in [0.1, 0.15) is 12.1 Å². The second-order valence-corrected chi connectivity index (χ2v) is 12.2. The van der Waals surface area contributed by atoms with Crippen molar-refractivity contribution in [2.75, 3.05) is 6.54 Å². The molecule has 37 heavy (non-hydrogen) atoms. The summed E-state index contributed by atoms with van der Waals surface area (Å²) in [6, 6.07) is 6.35. The third-order valence-electron chi connectivity index (χ3n) is 6.66. The predicted molar refractivity (Wildman–Crippen MR) is 146 cm³/mol. The first-order chi connectivity index (χ1) is 17.4. The fourth-order valence-corrected chi connectivity index (χ4v) is 5.24. The molecule has 202 valence electrons. The Morgan fingerprint density at radius 3 is 2.43 bits per heavy atom. The topological polar surface area (TPSA) is 112 Å². The molecule has 1 saturated heterocycles. The van der Waals surface area contributed by atoms with E-state index in [1.54, 1.807) is 11.3 Å². The number of carbonyl (C=O) groups is 3. The number of thiazole rings is 1. The van der Waals surface area contributed by atoms with Gasteiger partial charge < -0.3 is 20.6 Å². The molecule has 0 saturated carbocycles. The number of benzene rings is 1. The highest BCUT2D eigenvalue weighted by Gasteiger charge is 2.44. The summed E-state index contributed by atoms with van der Waals surface area (Å²) in [5, 5.41) is 16.2. The number of β-amino-alcohol motifs (C(OH)–C–C–N with tert-alkyl or cyclic N) is 1. The monoisotopic (exact) mass is 528 g/mol. The molecule has 1 aromatic carbocycles. The van der Waals surface area contributed by atoms with Crippen LogP contribution in [0.3, 0.4) is 0 Å². The van der Waals surface area contributed by atoms with Crippen molar-refractivity contribution in [1.82, 2.24) is 20.5 Å². The van der Waals surface area contributed by atoms with Gasteiger partial charge in [-0.25, -0.2) is 4.98 Å². The molecular formula is C28H40N4O4S. The van der Waals surface area contributed by atoms with Crippen LogP contribution < -0.4 is 10.6 Å². The quantitative estimate of drug-likeness (QED) is 0.460. The van der Waals surface area contributed by atoms with Crippen molar-refractivity contribution in [3.8, 4) is 10.4 Å². The van der Waals surface area contributed by atoms with E-state index in [1.165, 1.54) is 4.90 Å². The van der Waals surface area contributed by atoms with Gasteiger partial charge >= 0.3 is 0 Å². The van der Waals surface area contributed by atoms with Crippen LogP contribution in [0, 0.1) is 18.3 Å². The summed E-state index contributed by atoms with van der Waals surface area (Å²) in [5.41, 5.74) is 4.26. The van der Waals surface area contributed by atoms with Gasteiger partial charge in [-0.05, 0) is 35.8 Å². The highest BCUT2D eigenvalue weighted by Crippen LogP contribution is 2.28. The number of carbonyl (C=O) groups excluding carboxylic acids is 3. The summed E-state index contributed by atoms with van der Waals surface area (Å²) in [6.07, 6.45) is 0.443. The zero-order valence-corrected chi connectivity index (χ0v) is 23.5. The summed E-state index contributed by atoms with van der Waals surface area (Å²) < 4.78 is 0. The van der Waals surface area contributed by atoms with E-state index in [0.29, 0.717) is 18.9 Å². The smallest absolute Gasteiger partial charge is 0.246 e. The molecule has 0 radical (unpaired) electrons. The van der Waals surface area contributed by atoms with Crippen LogP contribution in [0.1, 0.15) is 65.1 Å². The molecule has 1 fully saturated rings. The van der Waals surface area contributed by atoms with E-state index in [9.17, 15) is 19.5 Å². The Morgan fingerprint density at radius 1 is 1.19 bits per heavy atom. The van der Waals surface area contributed by atoms with E-state index in [0.717, 1.165) is 28.1 Å². The van der Waals surface area contributed by atoms with Crippen LogP contribution in [0.5, 0.6) is 0 Å². The van der Waals surface area contributed by atoms with Crippen LogP contribution in [0.2, 0.25) is 0 Å². The number of amides is 3. The van der Waals surface area contributed by atoms with E-state index < -0.39 is 23.6 Å². The molecule has 3 N–H and O–H groups in total. The minimum atomic E-state index is -0.796. The molecule has 2 heterocycles. The first kappa shape index (κ1) is 28.8. The normalized spacial score (nSPS) is 18.6. The van der Waals surface area contributed by atoms with Gasteiger partial charge in [-0.3, -0.25) is 14.4 Å². The second-order valence-electron chi connectivity index (χ2n) is 11.4. The Hall–Kier alpha value is -2.78. The summed E-state index contributed by atoms with van der Waals surface area (Å²) in [7, 11) is 0. The van der Waals surface area contributed by atoms with Crippen LogP contribution in [0.4, 0.5) is 0 Å². The van der Waals surface area contributed by atoms with E-state index in [-0.39, 0.29) is 30.7 Å². The standard InChI is InChI=1S/C28H40N4O4S/c1-17(2)7-12-23(34)31-25(28(4,5)6)27(36)32-15-21(33)13-22(32)26(35)29-14-19-8-10-20(11-9-19)24-18(3)30-16-37-24/h8-11,16-17,21-22,25,33H,7,12-15H2,1-6H3,(H,29,35)(H,31,34)/t21-,22+,25?/m1/s1. The lowest BCUT2D eigenvalue weighted by atomic mass is 9.85. The van der Waals surface area contributed by atoms with Gasteiger partial charge in [0.15, 0.2) is 0 Å². The van der Waals surface area contributed by atoms with Crippen molar-refractivity contribution in [3.05, 3.63) is 41.0 Å². The molecule has 1 aromatic heterocycles. The fourth-order valence-electron chi connectivity index (χ4n) is 4.43. The average molecular weight is 529 g/mol. The van der Waals surface area contributed by atoms with Crippen molar-refractivity contribution >= 4 is 29.1 Å². The average Bonchev–Trinajstić information content (AvgIpc) is 3.44. The van der Waals surface area contributed by atoms with Crippen LogP contribution >= 0.6 is 11.3 Å². The molecule has 3 atom stereocenters. The molecule has 0 aliphatic carbocycles. The summed E-state index contributed by atoms with van der Waals surface area (Å²) in [4.78, 5) is 46.1. The molecule has 0 bridgehead atoms. The zero-order valence-electron chi connectivity index (χ0n) is 22.7. The molecule has 1 unspecified atom stereocenters. The summed E-state index contributed by atoms with van der Waals surface area (Å²) in [5.74, 6) is -0.457. The van der Waals surface area contributed by atoms with Gasteiger partial charge in [0.25, 0.3) is 0 Å². The number of nitrogens with zero attached hydrogens (tertiary/aromatic N) is 2. The molecule has 0 spiro atoms. The number of aryl methyl sites for hydroxylation is 1. The van der Waals surface area contributed by atoms with Gasteiger partial charge in [0.2, 0.25) is 17.7 Å². The number of rotatable bonds is 9. The molecule has 9 heteroatoms. The Morgan fingerprint density at radius 2 is 1.86 bits per heavy atom. The Balaban J connectivity index is 1.66. The Labute approximate surface area is 223 Å². The van der Waals surface area contributed by atoms with Gasteiger partial charge in [-0.1, -0.05) is 58.9 Å². The maximum absolute atomic E-state index is 13.6. The van der Waals surface area contributed by atoms with Gasteiger partial charge in [0, 0.05) is 25.9 Å². The molecule has 2 aromatic rings. The number of hydrogen-bond acceptors (Lipinski definition) is 6. The largest absolute Gasteiger partial charge is 0.391 e. The molecule has 1 aliphatic heterocycles. The van der Waals surface area contributed by atoms with Crippen LogP contribution in [-0.4, -0.2) is 57.4 Å². The Kier molecular flexibility index (Phi) is 9.47. The first-order valence-corrected chi connectivity index (χ1v) is 13.8. The first-order valence-electron chi connectivity index (χ1n) is 12.9. The SMILES string of the molecule is Cc1ncsc1-c1ccc(CNC(=O)[C@@H]2C[C@@H](O)CN2C(=O)C(NC(=O)CCC(C)C)C(C)(C)C)cc1. The van der Waals surface area contributed by atoms with Crippen LogP contribution in [0.15, 0.2) is 29.8 Å². The minimum absolute atomic E-state index is 0.0638. The molecular weight excluding hydrogens is 488 g/mol. The fraction of sp³-hybridized carbons (Fsp3) is 0.571. The number of aromatic nitrogens is 1. The van der Waals surface area contributed by atoms with Crippen LogP contribution in [0.25, 0.3) is 10.4 Å². The zero-order chi connectivity index (χ0) is 27.3. The number of nitrogens with one attached hydrogen (secondary N) is 2. The third kappa shape index (κ3) is 7.61. The predicted octanol–water partition coefficient (Wildman–Crippen LogP) is 3.66. The maximum Gasteiger partial charge on any atom is 0.246 e. The van der Waals surface area contributed by atoms with Gasteiger partial charge in [-0.2, -0.15) is 0 Å². The van der Waals surface area contributed by atoms with E-state index in [2.05, 4.69) is 15.6 Å². The van der Waals surface area contributed by atoms with Crippen molar-refractivity contribution < 1.29 is 19.5 Å². The maximum atomic E-state index is 13.6. The van der Waals surface area contributed by atoms with Crippen molar-refractivity contribution in [1.29, 1.82) is 0 Å². The van der Waals surface area contributed by atoms with Crippen molar-refractivity contribution in [2.24, 2.45) is 11.3 Å². The molecule has 3 amide bonds. The number of aliphatic hydroxyl groups is 1.